The van der Waals surface area contributed by atoms with Crippen LogP contribution >= 0.6 is 11.8 Å². The largest absolute Gasteiger partial charge is 0.363 e. The second-order valence-electron chi connectivity index (χ2n) is 5.03. The molecule has 0 radical (unpaired) electrons. The summed E-state index contributed by atoms with van der Waals surface area (Å²) < 4.78 is 26.4. The summed E-state index contributed by atoms with van der Waals surface area (Å²) in [6, 6.07) is 2.38. The van der Waals surface area contributed by atoms with E-state index in [4.69, 9.17) is 0 Å². The molecular formula is C12H19N3O2S2. The molecule has 0 amide bonds. The minimum atomic E-state index is -3.30. The lowest BCUT2D eigenvalue weighted by Crippen LogP contribution is -2.37. The fourth-order valence-corrected chi connectivity index (χ4v) is 4.74. The van der Waals surface area contributed by atoms with Gasteiger partial charge in [0.05, 0.1) is 4.90 Å². The van der Waals surface area contributed by atoms with Crippen LogP contribution in [-0.4, -0.2) is 48.3 Å². The van der Waals surface area contributed by atoms with E-state index in [0.29, 0.717) is 24.0 Å². The van der Waals surface area contributed by atoms with Crippen molar-refractivity contribution in [3.05, 3.63) is 18.0 Å². The van der Waals surface area contributed by atoms with E-state index in [9.17, 15) is 8.42 Å². The molecule has 7 heteroatoms. The van der Waals surface area contributed by atoms with Crippen LogP contribution in [0.1, 0.15) is 18.5 Å². The summed E-state index contributed by atoms with van der Waals surface area (Å²) in [6.07, 6.45) is 4.08. The monoisotopic (exact) mass is 301 g/mol. The molecule has 2 fully saturated rings. The minimum absolute atomic E-state index is 0.395. The van der Waals surface area contributed by atoms with E-state index in [1.807, 2.05) is 11.8 Å². The molecule has 1 aliphatic heterocycles. The Balaban J connectivity index is 1.69. The van der Waals surface area contributed by atoms with Crippen molar-refractivity contribution in [2.75, 3.05) is 24.6 Å². The van der Waals surface area contributed by atoms with Gasteiger partial charge in [0.1, 0.15) is 0 Å². The number of nitrogens with zero attached hydrogens (tertiary/aromatic N) is 1. The number of aromatic amines is 1. The second-order valence-corrected chi connectivity index (χ2v) is 8.19. The maximum Gasteiger partial charge on any atom is 0.244 e. The Kier molecular flexibility index (Phi) is 3.88. The summed E-state index contributed by atoms with van der Waals surface area (Å²) in [4.78, 5) is 3.46. The number of rotatable bonds is 5. The van der Waals surface area contributed by atoms with Gasteiger partial charge in [-0.15, -0.1) is 0 Å². The van der Waals surface area contributed by atoms with Gasteiger partial charge in [0, 0.05) is 49.1 Å². The first-order valence-corrected chi connectivity index (χ1v) is 9.24. The van der Waals surface area contributed by atoms with Crippen molar-refractivity contribution < 1.29 is 8.42 Å². The Morgan fingerprint density at radius 1 is 1.37 bits per heavy atom. The van der Waals surface area contributed by atoms with E-state index in [-0.39, 0.29) is 0 Å². The standard InChI is InChI=1S/C12H19N3O2S2/c16-19(17,15-3-5-18-6-4-15)12-7-11(14-9-12)8-13-10-1-2-10/h7,9-10,13-14H,1-6,8H2. The van der Waals surface area contributed by atoms with Crippen molar-refractivity contribution in [1.82, 2.24) is 14.6 Å². The van der Waals surface area contributed by atoms with Crippen molar-refractivity contribution in [2.45, 2.75) is 30.3 Å². The molecular weight excluding hydrogens is 282 g/mol. The fraction of sp³-hybridized carbons (Fsp3) is 0.667. The van der Waals surface area contributed by atoms with Crippen LogP contribution in [-0.2, 0) is 16.6 Å². The molecule has 3 rings (SSSR count). The number of hydrogen-bond donors (Lipinski definition) is 2. The molecule has 0 aromatic carbocycles. The number of hydrogen-bond acceptors (Lipinski definition) is 4. The molecule has 1 saturated carbocycles. The molecule has 0 atom stereocenters. The molecule has 1 aromatic heterocycles. The summed E-state index contributed by atoms with van der Waals surface area (Å²) in [5.74, 6) is 1.78. The minimum Gasteiger partial charge on any atom is -0.363 e. The first kappa shape index (κ1) is 13.5. The van der Waals surface area contributed by atoms with Gasteiger partial charge in [0.15, 0.2) is 0 Å². The first-order chi connectivity index (χ1) is 9.16. The molecule has 0 spiro atoms. The molecule has 1 saturated heterocycles. The number of nitrogens with one attached hydrogen (secondary N) is 2. The average molecular weight is 301 g/mol. The first-order valence-electron chi connectivity index (χ1n) is 6.65. The average Bonchev–Trinajstić information content (AvgIpc) is 3.13. The summed E-state index contributed by atoms with van der Waals surface area (Å²) in [5, 5.41) is 3.37. The van der Waals surface area contributed by atoms with E-state index in [0.717, 1.165) is 23.7 Å². The van der Waals surface area contributed by atoms with Gasteiger partial charge in [-0.1, -0.05) is 0 Å². The van der Waals surface area contributed by atoms with Crippen molar-refractivity contribution in [3.8, 4) is 0 Å². The van der Waals surface area contributed by atoms with Crippen LogP contribution in [0.3, 0.4) is 0 Å². The molecule has 2 N–H and O–H groups in total. The third-order valence-corrected chi connectivity index (χ3v) is 6.30. The lowest BCUT2D eigenvalue weighted by Gasteiger charge is -2.24. The highest BCUT2D eigenvalue weighted by Crippen LogP contribution is 2.22. The highest BCUT2D eigenvalue weighted by atomic mass is 32.2. The Bertz CT molecular complexity index is 531. The van der Waals surface area contributed by atoms with Crippen LogP contribution < -0.4 is 5.32 Å². The quantitative estimate of drug-likeness (QED) is 0.852. The topological polar surface area (TPSA) is 65.2 Å². The van der Waals surface area contributed by atoms with E-state index in [1.54, 1.807) is 16.6 Å². The van der Waals surface area contributed by atoms with Crippen LogP contribution in [0.2, 0.25) is 0 Å². The maximum atomic E-state index is 12.4. The molecule has 1 aromatic rings. The lowest BCUT2D eigenvalue weighted by atomic mass is 10.4. The highest BCUT2D eigenvalue weighted by Gasteiger charge is 2.27. The van der Waals surface area contributed by atoms with Crippen LogP contribution in [0.15, 0.2) is 17.2 Å². The van der Waals surface area contributed by atoms with E-state index in [2.05, 4.69) is 10.3 Å². The third-order valence-electron chi connectivity index (χ3n) is 3.48. The van der Waals surface area contributed by atoms with E-state index >= 15 is 0 Å². The van der Waals surface area contributed by atoms with Gasteiger partial charge in [-0.05, 0) is 18.9 Å². The zero-order valence-electron chi connectivity index (χ0n) is 10.8. The second kappa shape index (κ2) is 5.47. The zero-order chi connectivity index (χ0) is 13.3. The Labute approximate surface area is 118 Å². The molecule has 2 aliphatic rings. The van der Waals surface area contributed by atoms with Crippen LogP contribution in [0, 0.1) is 0 Å². The summed E-state index contributed by atoms with van der Waals surface area (Å²) >= 11 is 1.81. The number of H-pyrrole nitrogens is 1. The van der Waals surface area contributed by atoms with Gasteiger partial charge in [0.2, 0.25) is 10.0 Å². The fourth-order valence-electron chi connectivity index (χ4n) is 2.15. The van der Waals surface area contributed by atoms with Crippen molar-refractivity contribution in [2.24, 2.45) is 0 Å². The normalized spacial score (nSPS) is 21.7. The van der Waals surface area contributed by atoms with Gasteiger partial charge in [-0.25, -0.2) is 8.42 Å². The van der Waals surface area contributed by atoms with Gasteiger partial charge in [-0.2, -0.15) is 16.1 Å². The van der Waals surface area contributed by atoms with Gasteiger partial charge >= 0.3 is 0 Å². The molecule has 0 bridgehead atoms. The van der Waals surface area contributed by atoms with Crippen LogP contribution in [0.4, 0.5) is 0 Å². The summed E-state index contributed by atoms with van der Waals surface area (Å²) in [7, 11) is -3.30. The van der Waals surface area contributed by atoms with Crippen molar-refractivity contribution in [3.63, 3.8) is 0 Å². The van der Waals surface area contributed by atoms with E-state index < -0.39 is 10.0 Å². The summed E-state index contributed by atoms with van der Waals surface area (Å²) in [5.41, 5.74) is 0.942. The van der Waals surface area contributed by atoms with E-state index in [1.165, 1.54) is 12.8 Å². The molecule has 5 nitrogen and oxygen atoms in total. The van der Waals surface area contributed by atoms with Gasteiger partial charge < -0.3 is 10.3 Å². The Morgan fingerprint density at radius 3 is 2.79 bits per heavy atom. The molecule has 19 heavy (non-hydrogen) atoms. The molecule has 1 aliphatic carbocycles. The Hall–Kier alpha value is -0.500. The molecule has 2 heterocycles. The van der Waals surface area contributed by atoms with Crippen LogP contribution in [0.25, 0.3) is 0 Å². The SMILES string of the molecule is O=S(=O)(c1c[nH]c(CNC2CC2)c1)N1CCSCC1. The third kappa shape index (κ3) is 3.16. The molecule has 0 unspecified atom stereocenters. The number of aromatic nitrogens is 1. The van der Waals surface area contributed by atoms with Crippen LogP contribution in [0.5, 0.6) is 0 Å². The lowest BCUT2D eigenvalue weighted by molar-refractivity contribution is 0.443. The summed E-state index contributed by atoms with van der Waals surface area (Å²) in [6.45, 7) is 1.96. The van der Waals surface area contributed by atoms with Gasteiger partial charge in [0.25, 0.3) is 0 Å². The smallest absolute Gasteiger partial charge is 0.244 e. The van der Waals surface area contributed by atoms with Gasteiger partial charge in [-0.3, -0.25) is 0 Å². The number of thioether (sulfide) groups is 1. The number of sulfonamides is 1. The van der Waals surface area contributed by atoms with Crippen molar-refractivity contribution in [1.29, 1.82) is 0 Å². The Morgan fingerprint density at radius 2 is 2.11 bits per heavy atom. The predicted molar refractivity (Wildman–Crippen MR) is 76.7 cm³/mol. The zero-order valence-corrected chi connectivity index (χ0v) is 12.4. The maximum absolute atomic E-state index is 12.4. The predicted octanol–water partition coefficient (Wildman–Crippen LogP) is 1.00. The molecule has 106 valence electrons. The highest BCUT2D eigenvalue weighted by molar-refractivity contribution is 7.99. The van der Waals surface area contributed by atoms with Crippen molar-refractivity contribution >= 4 is 21.8 Å².